The first-order valence-corrected chi connectivity index (χ1v) is 11.4. The molecule has 156 valence electrons. The molecule has 1 aromatic carbocycles. The maximum Gasteiger partial charge on any atom is 0.267 e. The number of pyridine rings is 1. The molecule has 1 aliphatic rings. The number of likely N-dealkylation sites (tertiary alicyclic amines) is 1. The Hall–Kier alpha value is -2.60. The van der Waals surface area contributed by atoms with Crippen molar-refractivity contribution in [2.24, 2.45) is 0 Å². The number of benzene rings is 1. The molecule has 3 aromatic rings. The molecule has 0 N–H and O–H groups in total. The maximum absolute atomic E-state index is 13.1. The molecule has 0 bridgehead atoms. The summed E-state index contributed by atoms with van der Waals surface area (Å²) in [7, 11) is 0. The Morgan fingerprint density at radius 1 is 1.23 bits per heavy atom. The van der Waals surface area contributed by atoms with Crippen LogP contribution in [0.3, 0.4) is 0 Å². The Kier molecular flexibility index (Phi) is 6.23. The third-order valence-corrected chi connectivity index (χ3v) is 6.66. The van der Waals surface area contributed by atoms with Crippen molar-refractivity contribution in [3.63, 3.8) is 0 Å². The molecule has 1 saturated heterocycles. The van der Waals surface area contributed by atoms with E-state index in [-0.39, 0.29) is 11.8 Å². The van der Waals surface area contributed by atoms with Crippen molar-refractivity contribution in [3.05, 3.63) is 75.0 Å². The number of aromatic nitrogens is 3. The van der Waals surface area contributed by atoms with Crippen LogP contribution in [0.4, 0.5) is 0 Å². The lowest BCUT2D eigenvalue weighted by atomic mass is 9.91. The van der Waals surface area contributed by atoms with Gasteiger partial charge in [-0.1, -0.05) is 35.7 Å². The largest absolute Gasteiger partial charge is 0.337 e. The van der Waals surface area contributed by atoms with Crippen molar-refractivity contribution in [1.29, 1.82) is 0 Å². The van der Waals surface area contributed by atoms with Crippen LogP contribution in [-0.4, -0.2) is 38.5 Å². The van der Waals surface area contributed by atoms with Crippen molar-refractivity contribution in [2.75, 3.05) is 13.1 Å². The van der Waals surface area contributed by atoms with Crippen molar-refractivity contribution in [1.82, 2.24) is 19.5 Å². The molecule has 1 atom stereocenters. The highest BCUT2D eigenvalue weighted by Gasteiger charge is 2.29. The highest BCUT2D eigenvalue weighted by molar-refractivity contribution is 7.08. The summed E-state index contributed by atoms with van der Waals surface area (Å²) in [5.74, 6) is 0.337. The van der Waals surface area contributed by atoms with Crippen molar-refractivity contribution >= 4 is 17.4 Å². The molecule has 3 heterocycles. The minimum Gasteiger partial charge on any atom is -0.337 e. The van der Waals surface area contributed by atoms with Crippen molar-refractivity contribution in [2.45, 2.75) is 52.4 Å². The fourth-order valence-corrected chi connectivity index (χ4v) is 4.98. The van der Waals surface area contributed by atoms with E-state index in [9.17, 15) is 4.79 Å². The normalized spacial score (nSPS) is 16.6. The predicted octanol–water partition coefficient (Wildman–Crippen LogP) is 4.72. The van der Waals surface area contributed by atoms with E-state index in [0.29, 0.717) is 11.4 Å². The topological polar surface area (TPSA) is 59.0 Å². The van der Waals surface area contributed by atoms with E-state index >= 15 is 0 Å². The van der Waals surface area contributed by atoms with E-state index in [4.69, 9.17) is 4.98 Å². The zero-order valence-corrected chi connectivity index (χ0v) is 18.7. The van der Waals surface area contributed by atoms with Crippen molar-refractivity contribution < 1.29 is 4.79 Å². The molecule has 0 spiro atoms. The van der Waals surface area contributed by atoms with E-state index in [1.165, 1.54) is 28.2 Å². The van der Waals surface area contributed by atoms with Gasteiger partial charge in [-0.3, -0.25) is 9.78 Å². The molecule has 1 fully saturated rings. The zero-order chi connectivity index (χ0) is 21.1. The van der Waals surface area contributed by atoms with E-state index in [1.54, 1.807) is 0 Å². The minimum atomic E-state index is 0.0688. The summed E-state index contributed by atoms with van der Waals surface area (Å²) in [5, 5.41) is 4.11. The average molecular weight is 421 g/mol. The van der Waals surface area contributed by atoms with Crippen LogP contribution in [0, 0.1) is 13.8 Å². The summed E-state index contributed by atoms with van der Waals surface area (Å²) in [5.41, 5.74) is 6.90. The van der Waals surface area contributed by atoms with Crippen LogP contribution in [0.5, 0.6) is 0 Å². The third-order valence-electron chi connectivity index (χ3n) is 5.90. The molecular formula is C24H28N4OS. The van der Waals surface area contributed by atoms with E-state index in [0.717, 1.165) is 49.3 Å². The van der Waals surface area contributed by atoms with Crippen LogP contribution in [-0.2, 0) is 12.8 Å². The van der Waals surface area contributed by atoms with Crippen LogP contribution in [0.15, 0.2) is 36.4 Å². The number of hydrogen-bond donors (Lipinski definition) is 0. The van der Waals surface area contributed by atoms with Crippen LogP contribution < -0.4 is 0 Å². The van der Waals surface area contributed by atoms with Gasteiger partial charge in [0.15, 0.2) is 0 Å². The molecule has 6 heteroatoms. The SMILES string of the molecule is CCc1nnsc1C(=O)N1CCCC(c2cc(Cc3ccccc3C)cc(C)n2)C1. The first-order chi connectivity index (χ1) is 14.5. The van der Waals surface area contributed by atoms with Gasteiger partial charge in [0.1, 0.15) is 4.88 Å². The quantitative estimate of drug-likeness (QED) is 0.599. The molecule has 1 unspecified atom stereocenters. The molecule has 4 rings (SSSR count). The van der Waals surface area contributed by atoms with E-state index in [1.807, 2.05) is 11.8 Å². The van der Waals surface area contributed by atoms with Gasteiger partial charge in [0, 0.05) is 30.4 Å². The highest BCUT2D eigenvalue weighted by Crippen LogP contribution is 2.29. The number of piperidine rings is 1. The smallest absolute Gasteiger partial charge is 0.267 e. The molecule has 5 nitrogen and oxygen atoms in total. The van der Waals surface area contributed by atoms with Gasteiger partial charge in [-0.25, -0.2) is 0 Å². The van der Waals surface area contributed by atoms with Crippen LogP contribution in [0.1, 0.15) is 69.1 Å². The predicted molar refractivity (Wildman–Crippen MR) is 120 cm³/mol. The lowest BCUT2D eigenvalue weighted by molar-refractivity contribution is 0.0709. The number of rotatable bonds is 5. The molecule has 0 radical (unpaired) electrons. The highest BCUT2D eigenvalue weighted by atomic mass is 32.1. The molecule has 0 saturated carbocycles. The van der Waals surface area contributed by atoms with Crippen LogP contribution >= 0.6 is 11.5 Å². The fraction of sp³-hybridized carbons (Fsp3) is 0.417. The van der Waals surface area contributed by atoms with Gasteiger partial charge in [-0.05, 0) is 79.9 Å². The second kappa shape index (κ2) is 9.04. The van der Waals surface area contributed by atoms with Gasteiger partial charge in [-0.15, -0.1) is 5.10 Å². The lowest BCUT2D eigenvalue weighted by Crippen LogP contribution is -2.39. The summed E-state index contributed by atoms with van der Waals surface area (Å²) in [4.78, 5) is 20.6. The minimum absolute atomic E-state index is 0.0688. The molecule has 0 aliphatic carbocycles. The number of aryl methyl sites for hydroxylation is 3. The first-order valence-electron chi connectivity index (χ1n) is 10.7. The molecule has 1 amide bonds. The molecule has 1 aliphatic heterocycles. The second-order valence-corrected chi connectivity index (χ2v) is 8.89. The van der Waals surface area contributed by atoms with E-state index in [2.05, 4.69) is 59.8 Å². The second-order valence-electron chi connectivity index (χ2n) is 8.14. The number of carbonyl (C=O) groups is 1. The number of nitrogens with zero attached hydrogens (tertiary/aromatic N) is 4. The van der Waals surface area contributed by atoms with Gasteiger partial charge < -0.3 is 4.90 Å². The fourth-order valence-electron chi connectivity index (χ4n) is 4.26. The van der Waals surface area contributed by atoms with E-state index < -0.39 is 0 Å². The van der Waals surface area contributed by atoms with Crippen LogP contribution in [0.2, 0.25) is 0 Å². The number of carbonyl (C=O) groups excluding carboxylic acids is 1. The Bertz CT molecular complexity index is 1050. The summed E-state index contributed by atoms with van der Waals surface area (Å²) >= 11 is 1.21. The number of amides is 1. The Labute approximate surface area is 182 Å². The number of hydrogen-bond acceptors (Lipinski definition) is 5. The van der Waals surface area contributed by atoms with Gasteiger partial charge in [0.2, 0.25) is 0 Å². The summed E-state index contributed by atoms with van der Waals surface area (Å²) in [6, 6.07) is 13.0. The molecular weight excluding hydrogens is 392 g/mol. The van der Waals surface area contributed by atoms with Crippen molar-refractivity contribution in [3.8, 4) is 0 Å². The lowest BCUT2D eigenvalue weighted by Gasteiger charge is -2.32. The van der Waals surface area contributed by atoms with Gasteiger partial charge in [0.05, 0.1) is 5.69 Å². The first kappa shape index (κ1) is 20.7. The van der Waals surface area contributed by atoms with Gasteiger partial charge >= 0.3 is 0 Å². The van der Waals surface area contributed by atoms with Gasteiger partial charge in [0.25, 0.3) is 5.91 Å². The summed E-state index contributed by atoms with van der Waals surface area (Å²) < 4.78 is 3.99. The monoisotopic (exact) mass is 420 g/mol. The van der Waals surface area contributed by atoms with Crippen LogP contribution in [0.25, 0.3) is 0 Å². The standard InChI is InChI=1S/C24H28N4OS/c1-4-21-23(30-27-26-21)24(29)28-11-7-10-20(15-28)22-14-18(12-17(3)25-22)13-19-9-6-5-8-16(19)2/h5-6,8-9,12,14,20H,4,7,10-11,13,15H2,1-3H3. The zero-order valence-electron chi connectivity index (χ0n) is 17.9. The third kappa shape index (κ3) is 4.43. The Morgan fingerprint density at radius 2 is 2.07 bits per heavy atom. The maximum atomic E-state index is 13.1. The van der Waals surface area contributed by atoms with Gasteiger partial charge in [-0.2, -0.15) is 0 Å². The Morgan fingerprint density at radius 3 is 2.87 bits per heavy atom. The Balaban J connectivity index is 1.54. The summed E-state index contributed by atoms with van der Waals surface area (Å²) in [6.07, 6.45) is 3.69. The molecule has 2 aromatic heterocycles. The summed E-state index contributed by atoms with van der Waals surface area (Å²) in [6.45, 7) is 7.73. The molecule has 30 heavy (non-hydrogen) atoms. The average Bonchev–Trinajstić information content (AvgIpc) is 3.23.